The van der Waals surface area contributed by atoms with E-state index in [0.29, 0.717) is 5.76 Å². The number of aliphatic hydroxyl groups is 1. The van der Waals surface area contributed by atoms with Gasteiger partial charge in [-0.15, -0.1) is 0 Å². The fourth-order valence-corrected chi connectivity index (χ4v) is 1.57. The number of hydrogen-bond donors (Lipinski definition) is 1. The molecule has 6 heteroatoms. The number of oxazole rings is 1. The van der Waals surface area contributed by atoms with Crippen molar-refractivity contribution >= 4 is 0 Å². The number of alkyl halides is 3. The van der Waals surface area contributed by atoms with E-state index in [0.717, 1.165) is 6.07 Å². The fourth-order valence-electron chi connectivity index (χ4n) is 1.57. The van der Waals surface area contributed by atoms with Crippen LogP contribution in [-0.2, 0) is 12.6 Å². The lowest BCUT2D eigenvalue weighted by molar-refractivity contribution is -0.137. The zero-order valence-electron chi connectivity index (χ0n) is 9.24. The number of halogens is 3. The standard InChI is InChI=1S/C12H10F3NO2/c13-12(14,15)10-4-2-1-3-9(10)11-16-7-8(18-11)5-6-17/h1-4,7,17H,5-6H2. The third-order valence-electron chi connectivity index (χ3n) is 2.37. The molecule has 1 heterocycles. The van der Waals surface area contributed by atoms with Crippen molar-refractivity contribution in [1.29, 1.82) is 0 Å². The van der Waals surface area contributed by atoms with Gasteiger partial charge in [-0.2, -0.15) is 13.2 Å². The van der Waals surface area contributed by atoms with Crippen LogP contribution in [0.2, 0.25) is 0 Å². The topological polar surface area (TPSA) is 46.3 Å². The quantitative estimate of drug-likeness (QED) is 0.919. The third-order valence-corrected chi connectivity index (χ3v) is 2.37. The average molecular weight is 257 g/mol. The van der Waals surface area contributed by atoms with Crippen molar-refractivity contribution in [2.75, 3.05) is 6.61 Å². The highest BCUT2D eigenvalue weighted by Crippen LogP contribution is 2.36. The van der Waals surface area contributed by atoms with Gasteiger partial charge in [0.25, 0.3) is 0 Å². The highest BCUT2D eigenvalue weighted by atomic mass is 19.4. The summed E-state index contributed by atoms with van der Waals surface area (Å²) in [5.41, 5.74) is -0.892. The molecule has 1 aromatic carbocycles. The molecule has 1 aromatic heterocycles. The molecule has 0 aliphatic heterocycles. The van der Waals surface area contributed by atoms with Crippen molar-refractivity contribution in [2.24, 2.45) is 0 Å². The van der Waals surface area contributed by atoms with Crippen LogP contribution in [-0.4, -0.2) is 16.7 Å². The SMILES string of the molecule is OCCc1cnc(-c2ccccc2C(F)(F)F)o1. The van der Waals surface area contributed by atoms with Gasteiger partial charge in [0.15, 0.2) is 0 Å². The van der Waals surface area contributed by atoms with Crippen molar-refractivity contribution in [3.8, 4) is 11.5 Å². The number of nitrogens with zero attached hydrogens (tertiary/aromatic N) is 1. The maximum atomic E-state index is 12.8. The molecule has 18 heavy (non-hydrogen) atoms. The van der Waals surface area contributed by atoms with Crippen LogP contribution in [0.25, 0.3) is 11.5 Å². The van der Waals surface area contributed by atoms with Crippen LogP contribution in [0.3, 0.4) is 0 Å². The molecule has 1 N–H and O–H groups in total. The van der Waals surface area contributed by atoms with Crippen molar-refractivity contribution < 1.29 is 22.7 Å². The number of benzene rings is 1. The summed E-state index contributed by atoms with van der Waals surface area (Å²) in [5, 5.41) is 8.72. The average Bonchev–Trinajstić information content (AvgIpc) is 2.77. The van der Waals surface area contributed by atoms with Gasteiger partial charge in [-0.3, -0.25) is 0 Å². The van der Waals surface area contributed by atoms with E-state index in [1.807, 2.05) is 0 Å². The molecular weight excluding hydrogens is 247 g/mol. The first-order valence-corrected chi connectivity index (χ1v) is 5.24. The molecule has 0 bridgehead atoms. The van der Waals surface area contributed by atoms with E-state index in [1.54, 1.807) is 0 Å². The minimum Gasteiger partial charge on any atom is -0.441 e. The molecule has 0 fully saturated rings. The normalized spacial score (nSPS) is 11.8. The molecule has 0 radical (unpaired) electrons. The number of aliphatic hydroxyl groups excluding tert-OH is 1. The zero-order valence-corrected chi connectivity index (χ0v) is 9.24. The Morgan fingerprint density at radius 3 is 2.61 bits per heavy atom. The van der Waals surface area contributed by atoms with Crippen molar-refractivity contribution in [3.63, 3.8) is 0 Å². The van der Waals surface area contributed by atoms with Gasteiger partial charge in [0.05, 0.1) is 18.4 Å². The van der Waals surface area contributed by atoms with Crippen LogP contribution in [0, 0.1) is 0 Å². The molecule has 0 saturated carbocycles. The smallest absolute Gasteiger partial charge is 0.417 e. The molecule has 0 amide bonds. The van der Waals surface area contributed by atoms with Gasteiger partial charge < -0.3 is 9.52 Å². The van der Waals surface area contributed by atoms with Crippen molar-refractivity contribution in [2.45, 2.75) is 12.6 Å². The molecule has 0 spiro atoms. The summed E-state index contributed by atoms with van der Waals surface area (Å²) in [6.07, 6.45) is -2.91. The summed E-state index contributed by atoms with van der Waals surface area (Å²) >= 11 is 0. The Kier molecular flexibility index (Phi) is 3.38. The molecule has 0 unspecified atom stereocenters. The van der Waals surface area contributed by atoms with E-state index in [-0.39, 0.29) is 24.5 Å². The lowest BCUT2D eigenvalue weighted by Crippen LogP contribution is -2.06. The van der Waals surface area contributed by atoms with Gasteiger partial charge in [-0.1, -0.05) is 12.1 Å². The van der Waals surface area contributed by atoms with Gasteiger partial charge in [-0.25, -0.2) is 4.98 Å². The van der Waals surface area contributed by atoms with Crippen LogP contribution in [0.4, 0.5) is 13.2 Å². The predicted molar refractivity (Wildman–Crippen MR) is 57.7 cm³/mol. The maximum Gasteiger partial charge on any atom is 0.417 e. The van der Waals surface area contributed by atoms with E-state index in [2.05, 4.69) is 4.98 Å². The minimum atomic E-state index is -4.46. The third kappa shape index (κ3) is 2.53. The predicted octanol–water partition coefficient (Wildman–Crippen LogP) is 2.90. The van der Waals surface area contributed by atoms with Crippen molar-refractivity contribution in [1.82, 2.24) is 4.98 Å². The zero-order chi connectivity index (χ0) is 13.2. The second-order valence-electron chi connectivity index (χ2n) is 3.65. The summed E-state index contributed by atoms with van der Waals surface area (Å²) in [6.45, 7) is -0.143. The monoisotopic (exact) mass is 257 g/mol. The van der Waals surface area contributed by atoms with Crippen LogP contribution >= 0.6 is 0 Å². The largest absolute Gasteiger partial charge is 0.441 e. The summed E-state index contributed by atoms with van der Waals surface area (Å²) in [4.78, 5) is 3.80. The first kappa shape index (κ1) is 12.6. The molecule has 0 aliphatic carbocycles. The highest BCUT2D eigenvalue weighted by Gasteiger charge is 2.34. The molecule has 2 rings (SSSR count). The number of aromatic nitrogens is 1. The Bertz CT molecular complexity index is 534. The molecule has 0 saturated heterocycles. The second kappa shape index (κ2) is 4.81. The summed E-state index contributed by atoms with van der Waals surface area (Å²) < 4.78 is 43.5. The van der Waals surface area contributed by atoms with E-state index in [4.69, 9.17) is 9.52 Å². The van der Waals surface area contributed by atoms with E-state index < -0.39 is 11.7 Å². The first-order chi connectivity index (χ1) is 8.52. The molecule has 96 valence electrons. The Hall–Kier alpha value is -1.82. The Balaban J connectivity index is 2.43. The van der Waals surface area contributed by atoms with Crippen LogP contribution < -0.4 is 0 Å². The molecule has 0 aliphatic rings. The lowest BCUT2D eigenvalue weighted by atomic mass is 10.1. The van der Waals surface area contributed by atoms with Gasteiger partial charge >= 0.3 is 6.18 Å². The van der Waals surface area contributed by atoms with E-state index in [1.165, 1.54) is 24.4 Å². The van der Waals surface area contributed by atoms with Gasteiger partial charge in [0.2, 0.25) is 5.89 Å². The second-order valence-corrected chi connectivity index (χ2v) is 3.65. The molecule has 2 aromatic rings. The van der Waals surface area contributed by atoms with Crippen molar-refractivity contribution in [3.05, 3.63) is 41.8 Å². The fraction of sp³-hybridized carbons (Fsp3) is 0.250. The lowest BCUT2D eigenvalue weighted by Gasteiger charge is -2.09. The molecular formula is C12H10F3NO2. The molecule has 0 atom stereocenters. The summed E-state index contributed by atoms with van der Waals surface area (Å²) in [7, 11) is 0. The Labute approximate surface area is 101 Å². The minimum absolute atomic E-state index is 0.0913. The van der Waals surface area contributed by atoms with Gasteiger partial charge in [-0.05, 0) is 12.1 Å². The summed E-state index contributed by atoms with van der Waals surface area (Å²) in [6, 6.07) is 5.08. The maximum absolute atomic E-state index is 12.8. The van der Waals surface area contributed by atoms with Gasteiger partial charge in [0, 0.05) is 12.0 Å². The first-order valence-electron chi connectivity index (χ1n) is 5.24. The van der Waals surface area contributed by atoms with Crippen LogP contribution in [0.5, 0.6) is 0 Å². The summed E-state index contributed by atoms with van der Waals surface area (Å²) in [5.74, 6) is 0.260. The Morgan fingerprint density at radius 2 is 1.94 bits per heavy atom. The van der Waals surface area contributed by atoms with Gasteiger partial charge in [0.1, 0.15) is 5.76 Å². The van der Waals surface area contributed by atoms with E-state index >= 15 is 0 Å². The van der Waals surface area contributed by atoms with Crippen LogP contribution in [0.15, 0.2) is 34.9 Å². The highest BCUT2D eigenvalue weighted by molar-refractivity contribution is 5.59. The number of rotatable bonds is 3. The van der Waals surface area contributed by atoms with E-state index in [9.17, 15) is 13.2 Å². The number of hydrogen-bond acceptors (Lipinski definition) is 3. The Morgan fingerprint density at radius 1 is 1.22 bits per heavy atom. The van der Waals surface area contributed by atoms with Crippen LogP contribution in [0.1, 0.15) is 11.3 Å². The molecule has 3 nitrogen and oxygen atoms in total.